The van der Waals surface area contributed by atoms with E-state index in [0.717, 1.165) is 0 Å². The lowest BCUT2D eigenvalue weighted by atomic mass is 9.91. The normalized spacial score (nSPS) is 16.2. The van der Waals surface area contributed by atoms with Gasteiger partial charge in [-0.2, -0.15) is 5.26 Å². The zero-order valence-corrected chi connectivity index (χ0v) is 10.6. The molecular weight excluding hydrogens is 274 g/mol. The van der Waals surface area contributed by atoms with Crippen LogP contribution in [0.2, 0.25) is 0 Å². The largest absolute Gasteiger partial charge is 0.386 e. The fourth-order valence-corrected chi connectivity index (χ4v) is 2.46. The summed E-state index contributed by atoms with van der Waals surface area (Å²) in [6.45, 7) is 0. The first-order valence-electron chi connectivity index (χ1n) is 6.12. The Hall–Kier alpha value is -2.75. The number of cyclic esters (lactones) is 2. The van der Waals surface area contributed by atoms with Crippen molar-refractivity contribution >= 4 is 22.7 Å². The van der Waals surface area contributed by atoms with E-state index in [0.29, 0.717) is 10.8 Å². The molecule has 0 aliphatic carbocycles. The van der Waals surface area contributed by atoms with Crippen molar-refractivity contribution in [3.63, 3.8) is 0 Å². The van der Waals surface area contributed by atoms with E-state index in [9.17, 15) is 19.8 Å². The summed E-state index contributed by atoms with van der Waals surface area (Å²) in [7, 11) is 0. The van der Waals surface area contributed by atoms with Crippen LogP contribution in [0, 0.1) is 11.3 Å². The van der Waals surface area contributed by atoms with E-state index in [1.165, 1.54) is 18.2 Å². The maximum absolute atomic E-state index is 11.7. The molecule has 0 spiro atoms. The highest BCUT2D eigenvalue weighted by Crippen LogP contribution is 2.34. The number of rotatable bonds is 2. The molecule has 1 aliphatic rings. The number of nitrogens with zero attached hydrogens (tertiary/aromatic N) is 1. The molecule has 0 radical (unpaired) electrons. The number of aliphatic hydroxyl groups is 2. The van der Waals surface area contributed by atoms with Crippen molar-refractivity contribution in [3.8, 4) is 6.07 Å². The lowest BCUT2D eigenvalue weighted by Crippen LogP contribution is -2.21. The van der Waals surface area contributed by atoms with E-state index in [4.69, 9.17) is 5.26 Å². The van der Waals surface area contributed by atoms with Gasteiger partial charge in [-0.1, -0.05) is 18.2 Å². The highest BCUT2D eigenvalue weighted by Gasteiger charge is 2.29. The fourth-order valence-electron chi connectivity index (χ4n) is 2.46. The van der Waals surface area contributed by atoms with Crippen LogP contribution in [0.5, 0.6) is 0 Å². The first kappa shape index (κ1) is 13.2. The molecule has 0 bridgehead atoms. The number of hydrogen-bond acceptors (Lipinski definition) is 6. The molecule has 6 nitrogen and oxygen atoms in total. The number of esters is 2. The summed E-state index contributed by atoms with van der Waals surface area (Å²) in [5, 5.41) is 29.0. The van der Waals surface area contributed by atoms with E-state index in [2.05, 4.69) is 4.74 Å². The minimum atomic E-state index is -1.60. The van der Waals surface area contributed by atoms with Gasteiger partial charge >= 0.3 is 11.9 Å². The molecule has 0 aromatic heterocycles. The van der Waals surface area contributed by atoms with Gasteiger partial charge in [0.15, 0.2) is 6.10 Å². The van der Waals surface area contributed by atoms with Crippen molar-refractivity contribution in [3.05, 3.63) is 47.0 Å². The average molecular weight is 283 g/mol. The van der Waals surface area contributed by atoms with Crippen LogP contribution in [-0.4, -0.2) is 28.3 Å². The minimum Gasteiger partial charge on any atom is -0.386 e. The molecule has 6 heteroatoms. The van der Waals surface area contributed by atoms with Crippen LogP contribution in [0.25, 0.3) is 10.8 Å². The van der Waals surface area contributed by atoms with Crippen molar-refractivity contribution in [2.24, 2.45) is 0 Å². The van der Waals surface area contributed by atoms with E-state index in [1.807, 2.05) is 0 Å². The summed E-state index contributed by atoms with van der Waals surface area (Å²) in [5.74, 6) is -1.52. The van der Waals surface area contributed by atoms with Gasteiger partial charge in [-0.3, -0.25) is 0 Å². The molecule has 2 aromatic carbocycles. The molecule has 2 N–H and O–H groups in total. The molecule has 1 heterocycles. The predicted molar refractivity (Wildman–Crippen MR) is 70.3 cm³/mol. The van der Waals surface area contributed by atoms with Gasteiger partial charge in [0.1, 0.15) is 6.10 Å². The van der Waals surface area contributed by atoms with E-state index in [1.54, 1.807) is 18.2 Å². The molecule has 0 saturated heterocycles. The fraction of sp³-hybridized carbons (Fsp3) is 0.133. The first-order chi connectivity index (χ1) is 10.0. The summed E-state index contributed by atoms with van der Waals surface area (Å²) in [6, 6.07) is 9.09. The molecule has 0 fully saturated rings. The standard InChI is InChI=1S/C15H9NO5/c16-6-11(17)13(18)8-4-5-10-12-7(8)2-1-3-9(12)14(19)21-15(10)20/h1-5,11,13,17-18H. The van der Waals surface area contributed by atoms with Gasteiger partial charge < -0.3 is 14.9 Å². The van der Waals surface area contributed by atoms with E-state index < -0.39 is 24.1 Å². The van der Waals surface area contributed by atoms with Gasteiger partial charge in [0.05, 0.1) is 17.2 Å². The summed E-state index contributed by atoms with van der Waals surface area (Å²) < 4.78 is 4.63. The zero-order chi connectivity index (χ0) is 15.1. The third-order valence-corrected chi connectivity index (χ3v) is 3.45. The van der Waals surface area contributed by atoms with Gasteiger partial charge in [-0.05, 0) is 23.1 Å². The Bertz CT molecular complexity index is 800. The predicted octanol–water partition coefficient (Wildman–Crippen LogP) is 1.07. The second-order valence-corrected chi connectivity index (χ2v) is 4.63. The Morgan fingerprint density at radius 1 is 1.05 bits per heavy atom. The number of benzene rings is 2. The second kappa shape index (κ2) is 4.66. The van der Waals surface area contributed by atoms with Crippen LogP contribution in [0.1, 0.15) is 32.4 Å². The molecule has 0 saturated carbocycles. The third-order valence-electron chi connectivity index (χ3n) is 3.45. The van der Waals surface area contributed by atoms with Crippen LogP contribution in [0.15, 0.2) is 30.3 Å². The monoisotopic (exact) mass is 283 g/mol. The number of nitriles is 1. The molecule has 2 aromatic rings. The van der Waals surface area contributed by atoms with Crippen molar-refractivity contribution in [2.45, 2.75) is 12.2 Å². The van der Waals surface area contributed by atoms with Gasteiger partial charge in [-0.25, -0.2) is 9.59 Å². The first-order valence-corrected chi connectivity index (χ1v) is 6.12. The van der Waals surface area contributed by atoms with E-state index >= 15 is 0 Å². The summed E-state index contributed by atoms with van der Waals surface area (Å²) in [4.78, 5) is 23.5. The number of aliphatic hydroxyl groups excluding tert-OH is 2. The SMILES string of the molecule is N#CC(O)C(O)c1ccc2c3c(cccc13)C(=O)OC2=O. The van der Waals surface area contributed by atoms with Crippen molar-refractivity contribution in [2.75, 3.05) is 0 Å². The quantitative estimate of drug-likeness (QED) is 0.485. The van der Waals surface area contributed by atoms with Crippen LogP contribution in [0.3, 0.4) is 0 Å². The van der Waals surface area contributed by atoms with Gasteiger partial charge in [0, 0.05) is 5.39 Å². The molecule has 21 heavy (non-hydrogen) atoms. The van der Waals surface area contributed by atoms with Gasteiger partial charge in [0.2, 0.25) is 0 Å². The van der Waals surface area contributed by atoms with Crippen LogP contribution in [-0.2, 0) is 4.74 Å². The average Bonchev–Trinajstić information content (AvgIpc) is 2.50. The minimum absolute atomic E-state index is 0.211. The van der Waals surface area contributed by atoms with Crippen molar-refractivity contribution < 1.29 is 24.5 Å². The highest BCUT2D eigenvalue weighted by atomic mass is 16.6. The number of carbonyl (C=O) groups is 2. The molecule has 0 amide bonds. The highest BCUT2D eigenvalue weighted by molar-refractivity contribution is 6.21. The molecule has 2 atom stereocenters. The van der Waals surface area contributed by atoms with Gasteiger partial charge in [0.25, 0.3) is 0 Å². The van der Waals surface area contributed by atoms with Crippen molar-refractivity contribution in [1.29, 1.82) is 5.26 Å². The number of hydrogen-bond donors (Lipinski definition) is 2. The van der Waals surface area contributed by atoms with Crippen LogP contribution in [0.4, 0.5) is 0 Å². The Labute approximate surface area is 118 Å². The zero-order valence-electron chi connectivity index (χ0n) is 10.6. The Balaban J connectivity index is 2.34. The van der Waals surface area contributed by atoms with Crippen LogP contribution < -0.4 is 0 Å². The van der Waals surface area contributed by atoms with Crippen LogP contribution >= 0.6 is 0 Å². The maximum Gasteiger partial charge on any atom is 0.346 e. The smallest absolute Gasteiger partial charge is 0.346 e. The van der Waals surface area contributed by atoms with Gasteiger partial charge in [-0.15, -0.1) is 0 Å². The maximum atomic E-state index is 11.7. The number of ether oxygens (including phenoxy) is 1. The van der Waals surface area contributed by atoms with E-state index in [-0.39, 0.29) is 16.7 Å². The molecule has 2 unspecified atom stereocenters. The Morgan fingerprint density at radius 3 is 2.38 bits per heavy atom. The Kier molecular flexibility index (Phi) is 2.94. The third kappa shape index (κ3) is 1.88. The lowest BCUT2D eigenvalue weighted by molar-refractivity contribution is 0.0390. The molecule has 104 valence electrons. The molecular formula is C15H9NO5. The molecule has 3 rings (SSSR count). The Morgan fingerprint density at radius 2 is 1.71 bits per heavy atom. The lowest BCUT2D eigenvalue weighted by Gasteiger charge is -2.20. The topological polar surface area (TPSA) is 108 Å². The van der Waals surface area contributed by atoms with Crippen molar-refractivity contribution in [1.82, 2.24) is 0 Å². The molecule has 1 aliphatic heterocycles. The summed E-state index contributed by atoms with van der Waals surface area (Å²) in [6.07, 6.45) is -3.04. The summed E-state index contributed by atoms with van der Waals surface area (Å²) in [5.41, 5.74) is 0.692. The second-order valence-electron chi connectivity index (χ2n) is 4.63. The summed E-state index contributed by atoms with van der Waals surface area (Å²) >= 11 is 0. The number of carbonyl (C=O) groups excluding carboxylic acids is 2.